The number of methoxy groups -OCH3 is 1. The Balaban J connectivity index is 2.17. The predicted molar refractivity (Wildman–Crippen MR) is 85.2 cm³/mol. The zero-order valence-electron chi connectivity index (χ0n) is 13.2. The van der Waals surface area contributed by atoms with Crippen LogP contribution in [0, 0.1) is 0 Å². The number of rotatable bonds is 7. The Hall–Kier alpha value is -2.83. The molecule has 0 atom stereocenters. The zero-order valence-corrected chi connectivity index (χ0v) is 13.2. The van der Waals surface area contributed by atoms with Gasteiger partial charge in [0.1, 0.15) is 5.75 Å². The Morgan fingerprint density at radius 1 is 1.12 bits per heavy atom. The number of amides is 1. The van der Waals surface area contributed by atoms with Crippen molar-refractivity contribution in [2.75, 3.05) is 19.0 Å². The van der Waals surface area contributed by atoms with Crippen LogP contribution in [0.3, 0.4) is 0 Å². The second-order valence-electron chi connectivity index (χ2n) is 4.66. The van der Waals surface area contributed by atoms with Gasteiger partial charge in [-0.2, -0.15) is 8.78 Å². The third-order valence-corrected chi connectivity index (χ3v) is 3.07. The molecule has 2 aromatic rings. The van der Waals surface area contributed by atoms with E-state index in [9.17, 15) is 13.6 Å². The quantitative estimate of drug-likeness (QED) is 0.831. The fourth-order valence-corrected chi connectivity index (χ4v) is 1.99. The first kappa shape index (κ1) is 17.5. The fourth-order valence-electron chi connectivity index (χ4n) is 1.99. The maximum Gasteiger partial charge on any atom is 0.387 e. The molecule has 128 valence electrons. The van der Waals surface area contributed by atoms with Crippen LogP contribution in [0.5, 0.6) is 17.2 Å². The van der Waals surface area contributed by atoms with Gasteiger partial charge in [0.25, 0.3) is 5.91 Å². The van der Waals surface area contributed by atoms with Crippen molar-refractivity contribution >= 4 is 11.6 Å². The highest BCUT2D eigenvalue weighted by molar-refractivity contribution is 6.04. The number of hydrogen-bond donors (Lipinski definition) is 1. The van der Waals surface area contributed by atoms with E-state index >= 15 is 0 Å². The molecule has 0 fully saturated rings. The first-order valence-electron chi connectivity index (χ1n) is 7.20. The first-order chi connectivity index (χ1) is 11.5. The summed E-state index contributed by atoms with van der Waals surface area (Å²) in [5.41, 5.74) is 0.836. The number of alkyl halides is 2. The van der Waals surface area contributed by atoms with Crippen LogP contribution in [-0.2, 0) is 0 Å². The highest BCUT2D eigenvalue weighted by Crippen LogP contribution is 2.30. The van der Waals surface area contributed by atoms with Crippen molar-refractivity contribution in [1.82, 2.24) is 0 Å². The summed E-state index contributed by atoms with van der Waals surface area (Å²) in [6.07, 6.45) is 0. The SMILES string of the molecule is CCOc1cc(C(=O)Nc2ccc(OC)cc2)ccc1OC(F)F. The number of hydrogen-bond acceptors (Lipinski definition) is 4. The van der Waals surface area contributed by atoms with E-state index < -0.39 is 12.5 Å². The average Bonchev–Trinajstić information content (AvgIpc) is 2.57. The van der Waals surface area contributed by atoms with Crippen molar-refractivity contribution in [3.05, 3.63) is 48.0 Å². The number of anilines is 1. The summed E-state index contributed by atoms with van der Waals surface area (Å²) in [4.78, 5) is 12.3. The van der Waals surface area contributed by atoms with Gasteiger partial charge in [0.05, 0.1) is 13.7 Å². The van der Waals surface area contributed by atoms with Gasteiger partial charge in [-0.05, 0) is 49.4 Å². The van der Waals surface area contributed by atoms with Crippen LogP contribution in [0.1, 0.15) is 17.3 Å². The fraction of sp³-hybridized carbons (Fsp3) is 0.235. The molecule has 2 aromatic carbocycles. The smallest absolute Gasteiger partial charge is 0.387 e. The lowest BCUT2D eigenvalue weighted by atomic mass is 10.2. The van der Waals surface area contributed by atoms with E-state index in [2.05, 4.69) is 10.1 Å². The number of nitrogens with one attached hydrogen (secondary N) is 1. The topological polar surface area (TPSA) is 56.8 Å². The molecule has 0 unspecified atom stereocenters. The maximum atomic E-state index is 12.4. The van der Waals surface area contributed by atoms with Gasteiger partial charge in [0.15, 0.2) is 11.5 Å². The lowest BCUT2D eigenvalue weighted by Gasteiger charge is -2.13. The predicted octanol–water partition coefficient (Wildman–Crippen LogP) is 3.95. The van der Waals surface area contributed by atoms with E-state index in [-0.39, 0.29) is 23.7 Å². The van der Waals surface area contributed by atoms with Crippen LogP contribution < -0.4 is 19.5 Å². The number of carbonyl (C=O) groups is 1. The van der Waals surface area contributed by atoms with Crippen molar-refractivity contribution < 1.29 is 27.8 Å². The third kappa shape index (κ3) is 4.58. The normalized spacial score (nSPS) is 10.4. The summed E-state index contributed by atoms with van der Waals surface area (Å²) in [7, 11) is 1.55. The van der Waals surface area contributed by atoms with Crippen molar-refractivity contribution in [3.8, 4) is 17.2 Å². The molecule has 0 aromatic heterocycles. The number of carbonyl (C=O) groups excluding carboxylic acids is 1. The van der Waals surface area contributed by atoms with E-state index in [4.69, 9.17) is 9.47 Å². The van der Waals surface area contributed by atoms with Gasteiger partial charge in [0.2, 0.25) is 0 Å². The van der Waals surface area contributed by atoms with E-state index in [1.165, 1.54) is 18.2 Å². The lowest BCUT2D eigenvalue weighted by molar-refractivity contribution is -0.0514. The minimum atomic E-state index is -2.97. The number of halogens is 2. The van der Waals surface area contributed by atoms with Gasteiger partial charge in [-0.25, -0.2) is 0 Å². The maximum absolute atomic E-state index is 12.4. The highest BCUT2D eigenvalue weighted by atomic mass is 19.3. The van der Waals surface area contributed by atoms with Gasteiger partial charge < -0.3 is 19.5 Å². The Morgan fingerprint density at radius 2 is 1.83 bits per heavy atom. The molecule has 2 rings (SSSR count). The van der Waals surface area contributed by atoms with Crippen LogP contribution in [-0.4, -0.2) is 26.2 Å². The highest BCUT2D eigenvalue weighted by Gasteiger charge is 2.14. The molecule has 24 heavy (non-hydrogen) atoms. The number of benzene rings is 2. The van der Waals surface area contributed by atoms with Crippen molar-refractivity contribution in [3.63, 3.8) is 0 Å². The molecule has 5 nitrogen and oxygen atoms in total. The van der Waals surface area contributed by atoms with Gasteiger partial charge in [-0.15, -0.1) is 0 Å². The third-order valence-electron chi connectivity index (χ3n) is 3.07. The monoisotopic (exact) mass is 337 g/mol. The standard InChI is InChI=1S/C17H17F2NO4/c1-3-23-15-10-11(4-9-14(15)24-17(18)19)16(21)20-12-5-7-13(22-2)8-6-12/h4-10,17H,3H2,1-2H3,(H,20,21). The summed E-state index contributed by atoms with van der Waals surface area (Å²) < 4.78 is 39.4. The van der Waals surface area contributed by atoms with Crippen molar-refractivity contribution in [2.45, 2.75) is 13.5 Å². The van der Waals surface area contributed by atoms with Crippen LogP contribution in [0.25, 0.3) is 0 Å². The molecule has 1 N–H and O–H groups in total. The van der Waals surface area contributed by atoms with Crippen molar-refractivity contribution in [1.29, 1.82) is 0 Å². The molecular formula is C17H17F2NO4. The molecule has 0 aliphatic rings. The van der Waals surface area contributed by atoms with Crippen LogP contribution in [0.2, 0.25) is 0 Å². The van der Waals surface area contributed by atoms with Gasteiger partial charge in [-0.3, -0.25) is 4.79 Å². The molecule has 0 aliphatic carbocycles. The molecular weight excluding hydrogens is 320 g/mol. The lowest BCUT2D eigenvalue weighted by Crippen LogP contribution is -2.12. The summed E-state index contributed by atoms with van der Waals surface area (Å²) >= 11 is 0. The molecule has 0 saturated carbocycles. The van der Waals surface area contributed by atoms with Gasteiger partial charge in [-0.1, -0.05) is 0 Å². The van der Waals surface area contributed by atoms with Gasteiger partial charge >= 0.3 is 6.61 Å². The molecule has 0 heterocycles. The largest absolute Gasteiger partial charge is 0.497 e. The molecule has 0 aliphatic heterocycles. The number of ether oxygens (including phenoxy) is 3. The van der Waals surface area contributed by atoms with E-state index in [1.807, 2.05) is 0 Å². The van der Waals surface area contributed by atoms with E-state index in [1.54, 1.807) is 38.3 Å². The second kappa shape index (κ2) is 8.14. The Bertz CT molecular complexity index is 689. The zero-order chi connectivity index (χ0) is 17.5. The van der Waals surface area contributed by atoms with E-state index in [0.29, 0.717) is 11.4 Å². The Morgan fingerprint density at radius 3 is 2.42 bits per heavy atom. The minimum absolute atomic E-state index is 0.0835. The summed E-state index contributed by atoms with van der Waals surface area (Å²) in [6, 6.07) is 10.8. The summed E-state index contributed by atoms with van der Waals surface area (Å²) in [6.45, 7) is -1.01. The minimum Gasteiger partial charge on any atom is -0.497 e. The second-order valence-corrected chi connectivity index (χ2v) is 4.66. The molecule has 0 saturated heterocycles. The molecule has 0 bridgehead atoms. The summed E-state index contributed by atoms with van der Waals surface area (Å²) in [5, 5.41) is 2.70. The molecule has 7 heteroatoms. The molecule has 1 amide bonds. The van der Waals surface area contributed by atoms with Crippen LogP contribution in [0.15, 0.2) is 42.5 Å². The van der Waals surface area contributed by atoms with E-state index in [0.717, 1.165) is 0 Å². The first-order valence-corrected chi connectivity index (χ1v) is 7.20. The van der Waals surface area contributed by atoms with Crippen molar-refractivity contribution in [2.24, 2.45) is 0 Å². The Kier molecular flexibility index (Phi) is 5.95. The van der Waals surface area contributed by atoms with Crippen LogP contribution >= 0.6 is 0 Å². The van der Waals surface area contributed by atoms with Gasteiger partial charge in [0, 0.05) is 11.3 Å². The molecule has 0 spiro atoms. The average molecular weight is 337 g/mol. The summed E-state index contributed by atoms with van der Waals surface area (Å²) in [5.74, 6) is 0.234. The molecule has 0 radical (unpaired) electrons. The Labute approximate surface area is 138 Å². The van der Waals surface area contributed by atoms with Crippen LogP contribution in [0.4, 0.5) is 14.5 Å².